The standard InChI is InChI=1S/C10H21NO/c1-9(12)5-3-6-10-7-4-8-11(10)2/h9-10,12H,3-8H2,1-2H3. The van der Waals surface area contributed by atoms with Crippen LogP contribution in [0.15, 0.2) is 0 Å². The number of rotatable bonds is 4. The Bertz CT molecular complexity index is 125. The highest BCUT2D eigenvalue weighted by molar-refractivity contribution is 4.76. The molecule has 0 spiro atoms. The summed E-state index contributed by atoms with van der Waals surface area (Å²) in [5.41, 5.74) is 0. The average molecular weight is 171 g/mol. The van der Waals surface area contributed by atoms with Crippen LogP contribution in [-0.4, -0.2) is 35.7 Å². The molecular formula is C10H21NO. The molecule has 2 nitrogen and oxygen atoms in total. The number of hydrogen-bond donors (Lipinski definition) is 1. The molecule has 0 saturated carbocycles. The first-order valence-corrected chi connectivity index (χ1v) is 5.08. The van der Waals surface area contributed by atoms with Crippen LogP contribution in [-0.2, 0) is 0 Å². The van der Waals surface area contributed by atoms with E-state index in [-0.39, 0.29) is 6.10 Å². The second-order valence-electron chi connectivity index (χ2n) is 4.06. The van der Waals surface area contributed by atoms with Gasteiger partial charge in [0, 0.05) is 6.04 Å². The van der Waals surface area contributed by atoms with E-state index in [9.17, 15) is 0 Å². The predicted octanol–water partition coefficient (Wildman–Crippen LogP) is 1.63. The zero-order chi connectivity index (χ0) is 8.97. The number of nitrogens with zero attached hydrogens (tertiary/aromatic N) is 1. The van der Waals surface area contributed by atoms with Crippen LogP contribution < -0.4 is 0 Å². The van der Waals surface area contributed by atoms with Gasteiger partial charge in [-0.2, -0.15) is 0 Å². The molecule has 1 saturated heterocycles. The molecule has 2 atom stereocenters. The fraction of sp³-hybridized carbons (Fsp3) is 1.00. The Labute approximate surface area is 75.6 Å². The second kappa shape index (κ2) is 4.83. The van der Waals surface area contributed by atoms with Gasteiger partial charge in [-0.05, 0) is 52.6 Å². The van der Waals surface area contributed by atoms with E-state index >= 15 is 0 Å². The van der Waals surface area contributed by atoms with E-state index in [1.165, 1.54) is 32.2 Å². The molecule has 12 heavy (non-hydrogen) atoms. The monoisotopic (exact) mass is 171 g/mol. The molecule has 0 aromatic rings. The molecule has 0 aromatic carbocycles. The van der Waals surface area contributed by atoms with Gasteiger partial charge in [0.05, 0.1) is 6.10 Å². The fourth-order valence-corrected chi connectivity index (χ4v) is 1.99. The third-order valence-corrected chi connectivity index (χ3v) is 2.83. The molecule has 0 amide bonds. The van der Waals surface area contributed by atoms with Gasteiger partial charge in [0.15, 0.2) is 0 Å². The first-order chi connectivity index (χ1) is 5.70. The zero-order valence-corrected chi connectivity index (χ0v) is 8.29. The molecule has 1 N–H and O–H groups in total. The Balaban J connectivity index is 2.06. The first-order valence-electron chi connectivity index (χ1n) is 5.08. The van der Waals surface area contributed by atoms with Crippen molar-refractivity contribution < 1.29 is 5.11 Å². The quantitative estimate of drug-likeness (QED) is 0.695. The molecule has 1 aliphatic heterocycles. The largest absolute Gasteiger partial charge is 0.393 e. The minimum atomic E-state index is -0.114. The zero-order valence-electron chi connectivity index (χ0n) is 8.29. The van der Waals surface area contributed by atoms with Crippen molar-refractivity contribution in [2.45, 2.75) is 51.2 Å². The topological polar surface area (TPSA) is 23.5 Å². The molecule has 1 fully saturated rings. The van der Waals surface area contributed by atoms with E-state index in [0.29, 0.717) is 0 Å². The molecule has 1 heterocycles. The van der Waals surface area contributed by atoms with Gasteiger partial charge in [-0.15, -0.1) is 0 Å². The Morgan fingerprint density at radius 3 is 2.83 bits per heavy atom. The molecule has 0 aromatic heterocycles. The normalized spacial score (nSPS) is 27.8. The summed E-state index contributed by atoms with van der Waals surface area (Å²) in [5.74, 6) is 0. The van der Waals surface area contributed by atoms with Crippen molar-refractivity contribution in [3.8, 4) is 0 Å². The highest BCUT2D eigenvalue weighted by atomic mass is 16.3. The van der Waals surface area contributed by atoms with Crippen LogP contribution in [0.2, 0.25) is 0 Å². The van der Waals surface area contributed by atoms with E-state index in [1.807, 2.05) is 6.92 Å². The summed E-state index contributed by atoms with van der Waals surface area (Å²) in [6.07, 6.45) is 6.00. The molecule has 2 heteroatoms. The van der Waals surface area contributed by atoms with E-state index in [1.54, 1.807) is 0 Å². The van der Waals surface area contributed by atoms with E-state index in [4.69, 9.17) is 5.11 Å². The summed E-state index contributed by atoms with van der Waals surface area (Å²) >= 11 is 0. The number of hydrogen-bond acceptors (Lipinski definition) is 2. The van der Waals surface area contributed by atoms with Crippen molar-refractivity contribution in [3.05, 3.63) is 0 Å². The van der Waals surface area contributed by atoms with E-state index < -0.39 is 0 Å². The van der Waals surface area contributed by atoms with Gasteiger partial charge >= 0.3 is 0 Å². The van der Waals surface area contributed by atoms with Crippen LogP contribution >= 0.6 is 0 Å². The van der Waals surface area contributed by atoms with Crippen LogP contribution in [0.3, 0.4) is 0 Å². The summed E-state index contributed by atoms with van der Waals surface area (Å²) < 4.78 is 0. The molecule has 72 valence electrons. The van der Waals surface area contributed by atoms with Gasteiger partial charge in [0.25, 0.3) is 0 Å². The Hall–Kier alpha value is -0.0800. The lowest BCUT2D eigenvalue weighted by Crippen LogP contribution is -2.24. The fourth-order valence-electron chi connectivity index (χ4n) is 1.99. The van der Waals surface area contributed by atoms with Crippen molar-refractivity contribution in [3.63, 3.8) is 0 Å². The van der Waals surface area contributed by atoms with Crippen molar-refractivity contribution in [1.82, 2.24) is 4.90 Å². The second-order valence-corrected chi connectivity index (χ2v) is 4.06. The van der Waals surface area contributed by atoms with Crippen molar-refractivity contribution in [2.24, 2.45) is 0 Å². The predicted molar refractivity (Wildman–Crippen MR) is 51.2 cm³/mol. The molecule has 1 aliphatic rings. The van der Waals surface area contributed by atoms with Gasteiger partial charge in [0.1, 0.15) is 0 Å². The summed E-state index contributed by atoms with van der Waals surface area (Å²) in [6.45, 7) is 3.14. The third kappa shape index (κ3) is 3.11. The van der Waals surface area contributed by atoms with Gasteiger partial charge in [0.2, 0.25) is 0 Å². The van der Waals surface area contributed by atoms with Crippen LogP contribution in [0, 0.1) is 0 Å². The summed E-state index contributed by atoms with van der Waals surface area (Å²) in [7, 11) is 2.21. The minimum Gasteiger partial charge on any atom is -0.393 e. The molecule has 0 radical (unpaired) electrons. The minimum absolute atomic E-state index is 0.114. The SMILES string of the molecule is CC(O)CCCC1CCCN1C. The summed E-state index contributed by atoms with van der Waals surface area (Å²) in [6, 6.07) is 0.795. The number of aliphatic hydroxyl groups is 1. The van der Waals surface area contributed by atoms with Crippen LogP contribution in [0.4, 0.5) is 0 Å². The smallest absolute Gasteiger partial charge is 0.0512 e. The van der Waals surface area contributed by atoms with E-state index in [0.717, 1.165) is 12.5 Å². The molecular weight excluding hydrogens is 150 g/mol. The van der Waals surface area contributed by atoms with Crippen LogP contribution in [0.25, 0.3) is 0 Å². The maximum atomic E-state index is 9.08. The lowest BCUT2D eigenvalue weighted by atomic mass is 10.1. The maximum absolute atomic E-state index is 9.08. The molecule has 2 unspecified atom stereocenters. The highest BCUT2D eigenvalue weighted by Gasteiger charge is 2.19. The van der Waals surface area contributed by atoms with E-state index in [2.05, 4.69) is 11.9 Å². The number of likely N-dealkylation sites (tertiary alicyclic amines) is 1. The third-order valence-electron chi connectivity index (χ3n) is 2.83. The molecule has 0 bridgehead atoms. The summed E-state index contributed by atoms with van der Waals surface area (Å²) in [5, 5.41) is 9.08. The highest BCUT2D eigenvalue weighted by Crippen LogP contribution is 2.20. The molecule has 1 rings (SSSR count). The van der Waals surface area contributed by atoms with Gasteiger partial charge in [-0.1, -0.05) is 0 Å². The van der Waals surface area contributed by atoms with Gasteiger partial charge < -0.3 is 10.0 Å². The lowest BCUT2D eigenvalue weighted by Gasteiger charge is -2.19. The van der Waals surface area contributed by atoms with Gasteiger partial charge in [-0.3, -0.25) is 0 Å². The average Bonchev–Trinajstić information content (AvgIpc) is 2.36. The van der Waals surface area contributed by atoms with Crippen molar-refractivity contribution in [2.75, 3.05) is 13.6 Å². The molecule has 0 aliphatic carbocycles. The first kappa shape index (κ1) is 10.0. The Morgan fingerprint density at radius 1 is 1.58 bits per heavy atom. The van der Waals surface area contributed by atoms with Gasteiger partial charge in [-0.25, -0.2) is 0 Å². The van der Waals surface area contributed by atoms with Crippen molar-refractivity contribution in [1.29, 1.82) is 0 Å². The summed E-state index contributed by atoms with van der Waals surface area (Å²) in [4.78, 5) is 2.45. The van der Waals surface area contributed by atoms with Crippen LogP contribution in [0.5, 0.6) is 0 Å². The number of aliphatic hydroxyl groups excluding tert-OH is 1. The Kier molecular flexibility index (Phi) is 4.02. The Morgan fingerprint density at radius 2 is 2.33 bits per heavy atom. The van der Waals surface area contributed by atoms with Crippen molar-refractivity contribution >= 4 is 0 Å². The lowest BCUT2D eigenvalue weighted by molar-refractivity contribution is 0.175. The maximum Gasteiger partial charge on any atom is 0.0512 e. The van der Waals surface area contributed by atoms with Crippen LogP contribution in [0.1, 0.15) is 39.0 Å².